The molecule has 0 saturated heterocycles. The van der Waals surface area contributed by atoms with Crippen LogP contribution in [0.2, 0.25) is 0 Å². The lowest BCUT2D eigenvalue weighted by Crippen LogP contribution is -2.09. The summed E-state index contributed by atoms with van der Waals surface area (Å²) in [6, 6.07) is 8.90. The van der Waals surface area contributed by atoms with Crippen LogP contribution in [-0.2, 0) is 15.6 Å². The quantitative estimate of drug-likeness (QED) is 0.855. The van der Waals surface area contributed by atoms with E-state index in [0.29, 0.717) is 15.7 Å². The zero-order valence-corrected chi connectivity index (χ0v) is 13.1. The van der Waals surface area contributed by atoms with Crippen LogP contribution in [0.25, 0.3) is 0 Å². The Balaban J connectivity index is 2.46. The van der Waals surface area contributed by atoms with Gasteiger partial charge in [0, 0.05) is 15.7 Å². The molecule has 2 N–H and O–H groups in total. The molecule has 0 radical (unpaired) electrons. The number of rotatable bonds is 3. The molecule has 2 rings (SSSR count). The van der Waals surface area contributed by atoms with E-state index in [4.69, 9.17) is 5.73 Å². The molecule has 0 amide bonds. The van der Waals surface area contributed by atoms with Gasteiger partial charge < -0.3 is 5.73 Å². The molecule has 3 nitrogen and oxygen atoms in total. The molecule has 0 atom stereocenters. The summed E-state index contributed by atoms with van der Waals surface area (Å²) >= 11 is 3.20. The largest absolute Gasteiger partial charge is 0.399 e. The van der Waals surface area contributed by atoms with E-state index in [2.05, 4.69) is 15.9 Å². The third kappa shape index (κ3) is 3.19. The van der Waals surface area contributed by atoms with Gasteiger partial charge in [0.15, 0.2) is 9.84 Å². The lowest BCUT2D eigenvalue weighted by atomic mass is 10.2. The Kier molecular flexibility index (Phi) is 4.15. The number of anilines is 1. The molecular formula is C14H13BrFNO2S. The maximum atomic E-state index is 13.7. The second-order valence-electron chi connectivity index (χ2n) is 4.52. The molecule has 0 heterocycles. The second-order valence-corrected chi connectivity index (χ2v) is 7.39. The van der Waals surface area contributed by atoms with Crippen molar-refractivity contribution in [2.75, 3.05) is 5.73 Å². The number of aryl methyl sites for hydroxylation is 1. The Morgan fingerprint density at radius 3 is 2.60 bits per heavy atom. The number of hydrogen-bond acceptors (Lipinski definition) is 3. The maximum absolute atomic E-state index is 13.7. The van der Waals surface area contributed by atoms with Gasteiger partial charge in [-0.3, -0.25) is 0 Å². The molecule has 2 aromatic rings. The van der Waals surface area contributed by atoms with E-state index in [0.717, 1.165) is 0 Å². The molecule has 0 bridgehead atoms. The SMILES string of the molecule is Cc1ccc(N)cc1S(=O)(=O)Cc1cc(Br)ccc1F. The van der Waals surface area contributed by atoms with E-state index in [1.165, 1.54) is 24.3 Å². The summed E-state index contributed by atoms with van der Waals surface area (Å²) in [6.45, 7) is 1.68. The molecule has 0 aliphatic heterocycles. The van der Waals surface area contributed by atoms with Gasteiger partial charge in [0.25, 0.3) is 0 Å². The molecule has 0 spiro atoms. The predicted octanol–water partition coefficient (Wildman–Crippen LogP) is 3.45. The molecule has 0 aromatic heterocycles. The van der Waals surface area contributed by atoms with Crippen LogP contribution in [0.15, 0.2) is 45.8 Å². The highest BCUT2D eigenvalue weighted by Crippen LogP contribution is 2.25. The van der Waals surface area contributed by atoms with Gasteiger partial charge in [0.05, 0.1) is 10.6 Å². The Labute approximate surface area is 125 Å². The van der Waals surface area contributed by atoms with Gasteiger partial charge in [-0.05, 0) is 42.8 Å². The summed E-state index contributed by atoms with van der Waals surface area (Å²) in [5.74, 6) is -0.943. The van der Waals surface area contributed by atoms with E-state index in [-0.39, 0.29) is 10.5 Å². The van der Waals surface area contributed by atoms with Gasteiger partial charge in [-0.2, -0.15) is 0 Å². The predicted molar refractivity (Wildman–Crippen MR) is 80.6 cm³/mol. The highest BCUT2D eigenvalue weighted by Gasteiger charge is 2.20. The van der Waals surface area contributed by atoms with Crippen LogP contribution in [0.4, 0.5) is 10.1 Å². The molecule has 0 aliphatic rings. The van der Waals surface area contributed by atoms with Crippen molar-refractivity contribution >= 4 is 31.5 Å². The summed E-state index contributed by atoms with van der Waals surface area (Å²) in [6.07, 6.45) is 0. The molecule has 106 valence electrons. The standard InChI is InChI=1S/C14H13BrFNO2S/c1-9-2-4-12(17)7-14(9)20(18,19)8-10-6-11(15)3-5-13(10)16/h2-7H,8,17H2,1H3. The van der Waals surface area contributed by atoms with Crippen LogP contribution >= 0.6 is 15.9 Å². The average molecular weight is 358 g/mol. The summed E-state index contributed by atoms with van der Waals surface area (Å²) < 4.78 is 39.1. The Bertz CT molecular complexity index is 760. The lowest BCUT2D eigenvalue weighted by Gasteiger charge is -2.09. The van der Waals surface area contributed by atoms with E-state index in [1.54, 1.807) is 19.1 Å². The molecular weight excluding hydrogens is 345 g/mol. The van der Waals surface area contributed by atoms with Crippen molar-refractivity contribution in [3.63, 3.8) is 0 Å². The third-order valence-corrected chi connectivity index (χ3v) is 5.19. The fourth-order valence-electron chi connectivity index (χ4n) is 1.89. The first-order chi connectivity index (χ1) is 9.29. The molecule has 0 aliphatic carbocycles. The fourth-order valence-corrected chi connectivity index (χ4v) is 3.96. The van der Waals surface area contributed by atoms with E-state index in [1.807, 2.05) is 0 Å². The highest BCUT2D eigenvalue weighted by molar-refractivity contribution is 9.10. The zero-order chi connectivity index (χ0) is 14.9. The van der Waals surface area contributed by atoms with Crippen molar-refractivity contribution < 1.29 is 12.8 Å². The molecule has 2 aromatic carbocycles. The van der Waals surface area contributed by atoms with Gasteiger partial charge in [-0.15, -0.1) is 0 Å². The summed E-state index contributed by atoms with van der Waals surface area (Å²) in [5, 5.41) is 0. The van der Waals surface area contributed by atoms with Crippen LogP contribution < -0.4 is 5.73 Å². The van der Waals surface area contributed by atoms with Gasteiger partial charge in [0.2, 0.25) is 0 Å². The topological polar surface area (TPSA) is 60.2 Å². The van der Waals surface area contributed by atoms with Crippen LogP contribution in [0.5, 0.6) is 0 Å². The van der Waals surface area contributed by atoms with Gasteiger partial charge in [0.1, 0.15) is 5.82 Å². The third-order valence-electron chi connectivity index (χ3n) is 2.90. The second kappa shape index (κ2) is 5.54. The van der Waals surface area contributed by atoms with Crippen LogP contribution in [0.1, 0.15) is 11.1 Å². The van der Waals surface area contributed by atoms with E-state index in [9.17, 15) is 12.8 Å². The van der Waals surface area contributed by atoms with Crippen LogP contribution in [0.3, 0.4) is 0 Å². The highest BCUT2D eigenvalue weighted by atomic mass is 79.9. The van der Waals surface area contributed by atoms with Crippen molar-refractivity contribution in [2.24, 2.45) is 0 Å². The van der Waals surface area contributed by atoms with Crippen molar-refractivity contribution in [3.8, 4) is 0 Å². The molecule has 0 unspecified atom stereocenters. The normalized spacial score (nSPS) is 11.6. The summed E-state index contributed by atoms with van der Waals surface area (Å²) in [5.41, 5.74) is 6.71. The van der Waals surface area contributed by atoms with Crippen LogP contribution in [-0.4, -0.2) is 8.42 Å². The maximum Gasteiger partial charge on any atom is 0.182 e. The van der Waals surface area contributed by atoms with Crippen LogP contribution in [0, 0.1) is 12.7 Å². The van der Waals surface area contributed by atoms with E-state index >= 15 is 0 Å². The number of sulfone groups is 1. The van der Waals surface area contributed by atoms with Crippen molar-refractivity contribution in [2.45, 2.75) is 17.6 Å². The van der Waals surface area contributed by atoms with Crippen molar-refractivity contribution in [3.05, 3.63) is 57.8 Å². The summed E-state index contributed by atoms with van der Waals surface area (Å²) in [4.78, 5) is 0.136. The minimum absolute atomic E-state index is 0.126. The molecule has 0 saturated carbocycles. The smallest absolute Gasteiger partial charge is 0.182 e. The van der Waals surface area contributed by atoms with E-state index < -0.39 is 21.4 Å². The first-order valence-electron chi connectivity index (χ1n) is 5.82. The molecule has 6 heteroatoms. The number of halogens is 2. The van der Waals surface area contributed by atoms with Crippen molar-refractivity contribution in [1.29, 1.82) is 0 Å². The Morgan fingerprint density at radius 1 is 1.20 bits per heavy atom. The molecule has 20 heavy (non-hydrogen) atoms. The number of hydrogen-bond donors (Lipinski definition) is 1. The van der Waals surface area contributed by atoms with Gasteiger partial charge in [-0.25, -0.2) is 12.8 Å². The Morgan fingerprint density at radius 2 is 1.90 bits per heavy atom. The first-order valence-corrected chi connectivity index (χ1v) is 8.27. The molecule has 0 fully saturated rings. The lowest BCUT2D eigenvalue weighted by molar-refractivity contribution is 0.586. The fraction of sp³-hybridized carbons (Fsp3) is 0.143. The number of nitrogens with two attached hydrogens (primary N) is 1. The first kappa shape index (κ1) is 15.0. The zero-order valence-electron chi connectivity index (χ0n) is 10.7. The van der Waals surface area contributed by atoms with Gasteiger partial charge >= 0.3 is 0 Å². The minimum atomic E-state index is -3.65. The summed E-state index contributed by atoms with van der Waals surface area (Å²) in [7, 11) is -3.65. The van der Waals surface area contributed by atoms with Crippen molar-refractivity contribution in [1.82, 2.24) is 0 Å². The Hall–Kier alpha value is -1.40. The minimum Gasteiger partial charge on any atom is -0.399 e. The number of nitrogen functional groups attached to an aromatic ring is 1. The monoisotopic (exact) mass is 357 g/mol. The average Bonchev–Trinajstić information content (AvgIpc) is 2.36. The van der Waals surface area contributed by atoms with Gasteiger partial charge in [-0.1, -0.05) is 22.0 Å². The number of benzene rings is 2.